The van der Waals surface area contributed by atoms with E-state index in [9.17, 15) is 4.79 Å². The fourth-order valence-corrected chi connectivity index (χ4v) is 3.97. The third-order valence-corrected chi connectivity index (χ3v) is 5.64. The van der Waals surface area contributed by atoms with Gasteiger partial charge < -0.3 is 9.64 Å². The molecule has 0 fully saturated rings. The first kappa shape index (κ1) is 22.1. The minimum Gasteiger partial charge on any atom is -0.494 e. The Hall–Kier alpha value is -2.15. The standard InChI is InChI=1S/C21H25N3O2S.ClH/c1-14-7-6-8-16(13-14)20(25)24(12-11-23(3)4)21-22-18-17(26-5)10-9-15(2)19(18)27-21;/h6-10,13H,11-12H2,1-5H3;1H. The van der Waals surface area contributed by atoms with Crippen LogP contribution in [0, 0.1) is 13.8 Å². The van der Waals surface area contributed by atoms with E-state index in [2.05, 4.69) is 11.8 Å². The second-order valence-corrected chi connectivity index (χ2v) is 7.87. The maximum absolute atomic E-state index is 13.3. The van der Waals surface area contributed by atoms with Gasteiger partial charge in [-0.3, -0.25) is 9.69 Å². The van der Waals surface area contributed by atoms with E-state index >= 15 is 0 Å². The lowest BCUT2D eigenvalue weighted by atomic mass is 10.1. The van der Waals surface area contributed by atoms with Crippen molar-refractivity contribution in [3.63, 3.8) is 0 Å². The van der Waals surface area contributed by atoms with E-state index in [0.29, 0.717) is 17.2 Å². The molecule has 5 nitrogen and oxygen atoms in total. The van der Waals surface area contributed by atoms with Crippen molar-refractivity contribution in [2.24, 2.45) is 0 Å². The average Bonchev–Trinajstić information content (AvgIpc) is 3.08. The van der Waals surface area contributed by atoms with Crippen molar-refractivity contribution in [1.82, 2.24) is 9.88 Å². The molecule has 0 saturated heterocycles. The van der Waals surface area contributed by atoms with E-state index in [1.807, 2.05) is 57.4 Å². The minimum absolute atomic E-state index is 0. The van der Waals surface area contributed by atoms with Gasteiger partial charge in [0.1, 0.15) is 11.3 Å². The summed E-state index contributed by atoms with van der Waals surface area (Å²) in [6.45, 7) is 5.37. The highest BCUT2D eigenvalue weighted by Gasteiger charge is 2.23. The molecule has 0 unspecified atom stereocenters. The van der Waals surface area contributed by atoms with E-state index in [-0.39, 0.29) is 18.3 Å². The van der Waals surface area contributed by atoms with Crippen molar-refractivity contribution in [3.05, 3.63) is 53.1 Å². The van der Waals surface area contributed by atoms with Crippen LogP contribution in [0.25, 0.3) is 10.2 Å². The molecule has 2 aromatic carbocycles. The zero-order valence-corrected chi connectivity index (χ0v) is 18.5. The van der Waals surface area contributed by atoms with Gasteiger partial charge in [-0.25, -0.2) is 4.98 Å². The number of rotatable bonds is 6. The van der Waals surface area contributed by atoms with Crippen LogP contribution >= 0.6 is 23.7 Å². The molecule has 0 N–H and O–H groups in total. The van der Waals surface area contributed by atoms with Crippen molar-refractivity contribution in [1.29, 1.82) is 0 Å². The van der Waals surface area contributed by atoms with Crippen LogP contribution in [0.1, 0.15) is 21.5 Å². The monoisotopic (exact) mass is 419 g/mol. The third kappa shape index (κ3) is 4.63. The highest BCUT2D eigenvalue weighted by Crippen LogP contribution is 2.36. The average molecular weight is 420 g/mol. The largest absolute Gasteiger partial charge is 0.494 e. The number of hydrogen-bond acceptors (Lipinski definition) is 5. The molecule has 0 aliphatic rings. The number of benzene rings is 2. The molecule has 7 heteroatoms. The number of carbonyl (C=O) groups excluding carboxylic acids is 1. The lowest BCUT2D eigenvalue weighted by molar-refractivity contribution is 0.0985. The first-order chi connectivity index (χ1) is 12.9. The smallest absolute Gasteiger partial charge is 0.260 e. The van der Waals surface area contributed by atoms with E-state index in [1.165, 1.54) is 11.3 Å². The van der Waals surface area contributed by atoms with Gasteiger partial charge in [-0.15, -0.1) is 12.4 Å². The normalized spacial score (nSPS) is 10.8. The van der Waals surface area contributed by atoms with E-state index in [1.54, 1.807) is 12.0 Å². The van der Waals surface area contributed by atoms with Gasteiger partial charge in [0, 0.05) is 18.7 Å². The fraction of sp³-hybridized carbons (Fsp3) is 0.333. The predicted molar refractivity (Wildman–Crippen MR) is 120 cm³/mol. The van der Waals surface area contributed by atoms with Gasteiger partial charge in [-0.05, 0) is 51.7 Å². The van der Waals surface area contributed by atoms with Crippen molar-refractivity contribution in [2.75, 3.05) is 39.2 Å². The molecule has 28 heavy (non-hydrogen) atoms. The number of ether oxygens (including phenoxy) is 1. The Labute approximate surface area is 176 Å². The molecule has 1 heterocycles. The number of halogens is 1. The number of aromatic nitrogens is 1. The van der Waals surface area contributed by atoms with Gasteiger partial charge in [-0.2, -0.15) is 0 Å². The zero-order valence-electron chi connectivity index (χ0n) is 16.9. The Bertz CT molecular complexity index is 971. The SMILES string of the molecule is COc1ccc(C)c2sc(N(CCN(C)C)C(=O)c3cccc(C)c3)nc12.Cl. The van der Waals surface area contributed by atoms with Crippen LogP contribution in [0.2, 0.25) is 0 Å². The Morgan fingerprint density at radius 2 is 1.89 bits per heavy atom. The molecule has 0 spiro atoms. The summed E-state index contributed by atoms with van der Waals surface area (Å²) < 4.78 is 6.52. The lowest BCUT2D eigenvalue weighted by Gasteiger charge is -2.22. The molecular formula is C21H26ClN3O2S. The number of carbonyl (C=O) groups is 1. The number of nitrogens with zero attached hydrogens (tertiary/aromatic N) is 3. The Balaban J connectivity index is 0.00000280. The number of fused-ring (bicyclic) bond motifs is 1. The Morgan fingerprint density at radius 3 is 2.54 bits per heavy atom. The molecule has 1 amide bonds. The molecule has 0 aliphatic heterocycles. The summed E-state index contributed by atoms with van der Waals surface area (Å²) in [6, 6.07) is 11.6. The second kappa shape index (κ2) is 9.37. The highest BCUT2D eigenvalue weighted by atomic mass is 35.5. The van der Waals surface area contributed by atoms with Crippen molar-refractivity contribution in [2.45, 2.75) is 13.8 Å². The van der Waals surface area contributed by atoms with Gasteiger partial charge in [0.25, 0.3) is 5.91 Å². The molecule has 0 bridgehead atoms. The molecule has 3 rings (SSSR count). The summed E-state index contributed by atoms with van der Waals surface area (Å²) in [5.74, 6) is 0.699. The first-order valence-corrected chi connectivity index (χ1v) is 9.69. The van der Waals surface area contributed by atoms with Crippen LogP contribution in [0.5, 0.6) is 5.75 Å². The van der Waals surface area contributed by atoms with Gasteiger partial charge in [0.2, 0.25) is 0 Å². The molecule has 150 valence electrons. The summed E-state index contributed by atoms with van der Waals surface area (Å²) in [6.07, 6.45) is 0. The number of aryl methyl sites for hydroxylation is 2. The van der Waals surface area contributed by atoms with Crippen molar-refractivity contribution in [3.8, 4) is 5.75 Å². The van der Waals surface area contributed by atoms with Gasteiger partial charge in [0.15, 0.2) is 5.13 Å². The first-order valence-electron chi connectivity index (χ1n) is 8.88. The van der Waals surface area contributed by atoms with Gasteiger partial charge >= 0.3 is 0 Å². The number of anilines is 1. The summed E-state index contributed by atoms with van der Waals surface area (Å²) in [4.78, 5) is 21.9. The molecule has 3 aromatic rings. The summed E-state index contributed by atoms with van der Waals surface area (Å²) in [5, 5.41) is 0.700. The zero-order chi connectivity index (χ0) is 19.6. The van der Waals surface area contributed by atoms with Crippen LogP contribution in [-0.4, -0.2) is 50.1 Å². The van der Waals surface area contributed by atoms with Crippen LogP contribution in [0.3, 0.4) is 0 Å². The topological polar surface area (TPSA) is 45.7 Å². The third-order valence-electron chi connectivity index (χ3n) is 4.42. The summed E-state index contributed by atoms with van der Waals surface area (Å²) >= 11 is 1.54. The van der Waals surface area contributed by atoms with E-state index < -0.39 is 0 Å². The molecule has 0 radical (unpaired) electrons. The minimum atomic E-state index is -0.0313. The maximum Gasteiger partial charge on any atom is 0.260 e. The molecule has 0 aliphatic carbocycles. The van der Waals surface area contributed by atoms with Crippen molar-refractivity contribution >= 4 is 45.0 Å². The Kier molecular flexibility index (Phi) is 7.41. The number of methoxy groups -OCH3 is 1. The lowest BCUT2D eigenvalue weighted by Crippen LogP contribution is -2.36. The van der Waals surface area contributed by atoms with Crippen LogP contribution in [-0.2, 0) is 0 Å². The molecule has 0 atom stereocenters. The van der Waals surface area contributed by atoms with Crippen LogP contribution in [0.15, 0.2) is 36.4 Å². The quantitative estimate of drug-likeness (QED) is 0.587. The van der Waals surface area contributed by atoms with E-state index in [0.717, 1.165) is 33.6 Å². The van der Waals surface area contributed by atoms with Crippen molar-refractivity contribution < 1.29 is 9.53 Å². The maximum atomic E-state index is 13.3. The van der Waals surface area contributed by atoms with E-state index in [4.69, 9.17) is 9.72 Å². The van der Waals surface area contributed by atoms with Crippen LogP contribution < -0.4 is 9.64 Å². The van der Waals surface area contributed by atoms with Gasteiger partial charge in [-0.1, -0.05) is 35.1 Å². The number of thiazole rings is 1. The highest BCUT2D eigenvalue weighted by molar-refractivity contribution is 7.22. The predicted octanol–water partition coefficient (Wildman–Crippen LogP) is 4.55. The molecular weight excluding hydrogens is 394 g/mol. The van der Waals surface area contributed by atoms with Crippen LogP contribution in [0.4, 0.5) is 5.13 Å². The Morgan fingerprint density at radius 1 is 1.14 bits per heavy atom. The number of hydrogen-bond donors (Lipinski definition) is 0. The molecule has 1 aromatic heterocycles. The fourth-order valence-electron chi connectivity index (χ4n) is 2.90. The number of amides is 1. The number of likely N-dealkylation sites (N-methyl/N-ethyl adjacent to an activating group) is 1. The molecule has 0 saturated carbocycles. The van der Waals surface area contributed by atoms with Gasteiger partial charge in [0.05, 0.1) is 11.8 Å². The summed E-state index contributed by atoms with van der Waals surface area (Å²) in [7, 11) is 5.65. The summed E-state index contributed by atoms with van der Waals surface area (Å²) in [5.41, 5.74) is 3.68. The second-order valence-electron chi connectivity index (χ2n) is 6.89.